The van der Waals surface area contributed by atoms with Gasteiger partial charge in [-0.3, -0.25) is 4.79 Å². The molecule has 1 saturated carbocycles. The Morgan fingerprint density at radius 3 is 2.23 bits per heavy atom. The molecule has 35 heavy (non-hydrogen) atoms. The fourth-order valence-electron chi connectivity index (χ4n) is 4.78. The van der Waals surface area contributed by atoms with Crippen LogP contribution in [0.2, 0.25) is 0 Å². The Bertz CT molecular complexity index is 869. The average Bonchev–Trinajstić information content (AvgIpc) is 2.84. The van der Waals surface area contributed by atoms with Crippen LogP contribution in [0.15, 0.2) is 30.3 Å². The molecule has 10 heteroatoms. The summed E-state index contributed by atoms with van der Waals surface area (Å²) in [6, 6.07) is 7.84. The lowest BCUT2D eigenvalue weighted by molar-refractivity contribution is -0.284. The number of hydrogen-bond acceptors (Lipinski definition) is 8. The number of carboxylic acids is 1. The van der Waals surface area contributed by atoms with Gasteiger partial charge < -0.3 is 35.2 Å². The van der Waals surface area contributed by atoms with Crippen LogP contribution in [0.3, 0.4) is 0 Å². The van der Waals surface area contributed by atoms with Crippen LogP contribution in [0, 0.1) is 17.8 Å². The number of nitrogens with one attached hydrogen (secondary N) is 1. The van der Waals surface area contributed by atoms with Crippen molar-refractivity contribution in [3.63, 3.8) is 0 Å². The Hall–Kier alpha value is -2.53. The number of aliphatic hydroxyl groups is 3. The Morgan fingerprint density at radius 1 is 1.03 bits per heavy atom. The summed E-state index contributed by atoms with van der Waals surface area (Å²) < 4.78 is 10.1. The molecule has 1 aromatic carbocycles. The third-order valence-corrected chi connectivity index (χ3v) is 7.03. The van der Waals surface area contributed by atoms with Gasteiger partial charge in [0, 0.05) is 12.3 Å². The molecule has 3 rings (SSSR count). The zero-order valence-corrected chi connectivity index (χ0v) is 19.9. The molecule has 0 aromatic heterocycles. The summed E-state index contributed by atoms with van der Waals surface area (Å²) in [5.41, 5.74) is 0.755. The molecule has 1 unspecified atom stereocenters. The summed E-state index contributed by atoms with van der Waals surface area (Å²) in [6.07, 6.45) is -5.99. The Balaban J connectivity index is 1.70. The summed E-state index contributed by atoms with van der Waals surface area (Å²) in [7, 11) is 0. The maximum absolute atomic E-state index is 13.1. The minimum absolute atomic E-state index is 0.104. The van der Waals surface area contributed by atoms with E-state index in [1.165, 1.54) is 0 Å². The van der Waals surface area contributed by atoms with Crippen molar-refractivity contribution in [2.24, 2.45) is 17.8 Å². The van der Waals surface area contributed by atoms with E-state index in [9.17, 15) is 29.7 Å². The highest BCUT2D eigenvalue weighted by Crippen LogP contribution is 2.33. The van der Waals surface area contributed by atoms with Gasteiger partial charge in [-0.1, -0.05) is 44.2 Å². The predicted octanol–water partition coefficient (Wildman–Crippen LogP) is 0.612. The number of aliphatic hydroxyl groups excluding tert-OH is 3. The lowest BCUT2D eigenvalue weighted by atomic mass is 9.76. The van der Waals surface area contributed by atoms with E-state index in [0.717, 1.165) is 31.2 Å². The van der Waals surface area contributed by atoms with Gasteiger partial charge in [-0.15, -0.1) is 0 Å². The molecule has 0 spiro atoms. The average molecular weight is 494 g/mol. The third-order valence-electron chi connectivity index (χ3n) is 7.03. The van der Waals surface area contributed by atoms with Crippen molar-refractivity contribution in [3.05, 3.63) is 35.9 Å². The normalized spacial score (nSPS) is 32.0. The number of carbonyl (C=O) groups is 3. The quantitative estimate of drug-likeness (QED) is 0.327. The summed E-state index contributed by atoms with van der Waals surface area (Å²) in [5.74, 6) is -1.90. The van der Waals surface area contributed by atoms with Crippen molar-refractivity contribution in [2.45, 2.75) is 82.7 Å². The molecule has 1 heterocycles. The monoisotopic (exact) mass is 493 g/mol. The molecule has 1 saturated heterocycles. The van der Waals surface area contributed by atoms with Crippen LogP contribution in [0.1, 0.15) is 45.1 Å². The first-order valence-corrected chi connectivity index (χ1v) is 12.1. The highest BCUT2D eigenvalue weighted by molar-refractivity contribution is 5.86. The van der Waals surface area contributed by atoms with Crippen LogP contribution in [0.5, 0.6) is 0 Å². The Kier molecular flexibility index (Phi) is 9.23. The van der Waals surface area contributed by atoms with Crippen molar-refractivity contribution in [3.8, 4) is 0 Å². The van der Waals surface area contributed by atoms with Crippen LogP contribution in [-0.2, 0) is 30.3 Å². The second kappa shape index (κ2) is 11.9. The molecule has 1 amide bonds. The first-order valence-electron chi connectivity index (χ1n) is 12.1. The van der Waals surface area contributed by atoms with Crippen LogP contribution >= 0.6 is 0 Å². The topological polar surface area (TPSA) is 163 Å². The van der Waals surface area contributed by atoms with Crippen molar-refractivity contribution >= 4 is 17.8 Å². The van der Waals surface area contributed by atoms with Gasteiger partial charge in [0.25, 0.3) is 0 Å². The number of benzene rings is 1. The number of hydrogen-bond donors (Lipinski definition) is 5. The van der Waals surface area contributed by atoms with Gasteiger partial charge in [-0.05, 0) is 43.1 Å². The molecule has 0 radical (unpaired) electrons. The second-order valence-electron chi connectivity index (χ2n) is 9.77. The molecule has 1 aliphatic carbocycles. The van der Waals surface area contributed by atoms with E-state index in [4.69, 9.17) is 14.6 Å². The van der Waals surface area contributed by atoms with Gasteiger partial charge in [-0.25, -0.2) is 9.59 Å². The van der Waals surface area contributed by atoms with Crippen LogP contribution in [0.4, 0.5) is 0 Å². The highest BCUT2D eigenvalue weighted by atomic mass is 16.7. The van der Waals surface area contributed by atoms with Crippen molar-refractivity contribution in [1.29, 1.82) is 0 Å². The number of amides is 1. The summed E-state index contributed by atoms with van der Waals surface area (Å²) in [4.78, 5) is 37.3. The number of carboxylic acid groups (broad SMARTS) is 1. The molecule has 6 atom stereocenters. The van der Waals surface area contributed by atoms with Crippen LogP contribution in [0.25, 0.3) is 0 Å². The number of carbonyl (C=O) groups excluding carboxylic acids is 2. The number of aliphatic carboxylic acids is 1. The molecule has 1 aromatic rings. The first kappa shape index (κ1) is 27.1. The molecule has 1 aliphatic heterocycles. The number of rotatable bonds is 8. The van der Waals surface area contributed by atoms with Crippen LogP contribution in [-0.4, -0.2) is 75.0 Å². The van der Waals surface area contributed by atoms with Crippen LogP contribution < -0.4 is 5.32 Å². The van der Waals surface area contributed by atoms with Gasteiger partial charge >= 0.3 is 11.9 Å². The SMILES string of the molecule is CC(C)C1CCC(C(=O)N[C@H](Cc2ccccc2)C(=O)O[C@H]2C(O)O[C@H](C(=O)O)[C@@H](O)[C@@H]2O)CC1. The first-order chi connectivity index (χ1) is 16.6. The summed E-state index contributed by atoms with van der Waals surface area (Å²) in [5, 5.41) is 42.3. The fourth-order valence-corrected chi connectivity index (χ4v) is 4.78. The van der Waals surface area contributed by atoms with Crippen molar-refractivity contribution in [1.82, 2.24) is 5.32 Å². The number of esters is 1. The van der Waals surface area contributed by atoms with Gasteiger partial charge in [0.15, 0.2) is 18.5 Å². The molecule has 10 nitrogen and oxygen atoms in total. The van der Waals surface area contributed by atoms with Gasteiger partial charge in [0.2, 0.25) is 5.91 Å². The van der Waals surface area contributed by atoms with E-state index in [1.807, 2.05) is 6.07 Å². The summed E-state index contributed by atoms with van der Waals surface area (Å²) in [6.45, 7) is 4.34. The molecule has 194 valence electrons. The largest absolute Gasteiger partial charge is 0.479 e. The maximum atomic E-state index is 13.1. The molecule has 5 N–H and O–H groups in total. The zero-order chi connectivity index (χ0) is 25.7. The smallest absolute Gasteiger partial charge is 0.335 e. The van der Waals surface area contributed by atoms with Gasteiger partial charge in [0.05, 0.1) is 0 Å². The molecular formula is C25H35NO9. The number of ether oxygens (including phenoxy) is 2. The third kappa shape index (κ3) is 6.78. The lowest BCUT2D eigenvalue weighted by Crippen LogP contribution is -2.61. The van der Waals surface area contributed by atoms with E-state index in [0.29, 0.717) is 11.8 Å². The predicted molar refractivity (Wildman–Crippen MR) is 123 cm³/mol. The molecular weight excluding hydrogens is 458 g/mol. The van der Waals surface area contributed by atoms with Gasteiger partial charge in [-0.2, -0.15) is 0 Å². The maximum Gasteiger partial charge on any atom is 0.335 e. The molecule has 2 fully saturated rings. The minimum atomic E-state index is -1.97. The Labute approximate surface area is 204 Å². The standard InChI is InChI=1S/C25H35NO9/c1-13(2)15-8-10-16(11-9-15)22(29)26-17(12-14-6-4-3-5-7-14)24(32)35-21-19(28)18(27)20(23(30)31)34-25(21)33/h3-7,13,15-21,25,27-28,33H,8-12H2,1-2H3,(H,26,29)(H,30,31)/t15?,16?,17-,18+,19+,20+,21-,25?/m1/s1. The Morgan fingerprint density at radius 2 is 1.66 bits per heavy atom. The van der Waals surface area contributed by atoms with Crippen molar-refractivity contribution < 1.29 is 44.3 Å². The van der Waals surface area contributed by atoms with Gasteiger partial charge in [0.1, 0.15) is 18.2 Å². The fraction of sp³-hybridized carbons (Fsp3) is 0.640. The van der Waals surface area contributed by atoms with E-state index < -0.39 is 48.7 Å². The van der Waals surface area contributed by atoms with E-state index in [1.54, 1.807) is 24.3 Å². The molecule has 0 bridgehead atoms. The lowest BCUT2D eigenvalue weighted by Gasteiger charge is -2.38. The zero-order valence-electron chi connectivity index (χ0n) is 19.9. The highest BCUT2D eigenvalue weighted by Gasteiger charge is 2.49. The van der Waals surface area contributed by atoms with E-state index in [-0.39, 0.29) is 18.2 Å². The molecule has 2 aliphatic rings. The van der Waals surface area contributed by atoms with Crippen molar-refractivity contribution in [2.75, 3.05) is 0 Å². The van der Waals surface area contributed by atoms with E-state index in [2.05, 4.69) is 19.2 Å². The van der Waals surface area contributed by atoms with E-state index >= 15 is 0 Å². The second-order valence-corrected chi connectivity index (χ2v) is 9.77. The summed E-state index contributed by atoms with van der Waals surface area (Å²) >= 11 is 0. The minimum Gasteiger partial charge on any atom is -0.479 e.